The lowest BCUT2D eigenvalue weighted by Gasteiger charge is -2.31. The van der Waals surface area contributed by atoms with E-state index < -0.39 is 6.61 Å². The average Bonchev–Trinajstić information content (AvgIpc) is 3.29. The fourth-order valence-electron chi connectivity index (χ4n) is 4.29. The van der Waals surface area contributed by atoms with Crippen molar-refractivity contribution in [2.45, 2.75) is 35.9 Å². The molecule has 0 radical (unpaired) electrons. The van der Waals surface area contributed by atoms with Crippen LogP contribution in [0.1, 0.15) is 19.3 Å². The molecule has 1 fully saturated rings. The van der Waals surface area contributed by atoms with Gasteiger partial charge < -0.3 is 29.0 Å². The molecule has 1 amide bonds. The monoisotopic (exact) mass is 548 g/mol. The second-order valence-corrected chi connectivity index (χ2v) is 10.2. The highest BCUT2D eigenvalue weighted by atomic mass is 79.9. The first-order valence-corrected chi connectivity index (χ1v) is 12.8. The number of nitrogens with one attached hydrogen (secondary N) is 2. The number of carbonyl (C=O) groups is 1. The van der Waals surface area contributed by atoms with Gasteiger partial charge in [0.05, 0.1) is 6.33 Å². The van der Waals surface area contributed by atoms with Crippen molar-refractivity contribution in [3.63, 3.8) is 0 Å². The number of imidazole rings is 1. The van der Waals surface area contributed by atoms with Crippen molar-refractivity contribution in [1.82, 2.24) is 24.4 Å². The molecule has 0 bridgehead atoms. The van der Waals surface area contributed by atoms with Crippen LogP contribution in [-0.2, 0) is 11.3 Å². The fourth-order valence-corrected chi connectivity index (χ4v) is 5.68. The van der Waals surface area contributed by atoms with E-state index in [1.807, 2.05) is 16.7 Å². The van der Waals surface area contributed by atoms with Gasteiger partial charge in [-0.3, -0.25) is 10.2 Å². The van der Waals surface area contributed by atoms with Crippen LogP contribution >= 0.6 is 27.7 Å². The van der Waals surface area contributed by atoms with E-state index in [2.05, 4.69) is 25.9 Å². The van der Waals surface area contributed by atoms with Crippen LogP contribution in [0.3, 0.4) is 0 Å². The van der Waals surface area contributed by atoms with E-state index in [0.717, 1.165) is 35.2 Å². The summed E-state index contributed by atoms with van der Waals surface area (Å²) in [5.74, 6) is 1.71. The van der Waals surface area contributed by atoms with Crippen LogP contribution in [-0.4, -0.2) is 68.3 Å². The average molecular weight is 549 g/mol. The molecular weight excluding hydrogens is 524 g/mol. The van der Waals surface area contributed by atoms with E-state index in [0.29, 0.717) is 60.0 Å². The normalized spacial score (nSPS) is 16.2. The number of halogens is 1. The van der Waals surface area contributed by atoms with Crippen molar-refractivity contribution in [2.24, 2.45) is 5.92 Å². The number of carbonyl (C=O) groups excluding carboxylic acids is 1. The summed E-state index contributed by atoms with van der Waals surface area (Å²) in [4.78, 5) is 26.6. The predicted octanol–water partition coefficient (Wildman–Crippen LogP) is 2.54. The van der Waals surface area contributed by atoms with Gasteiger partial charge in [0, 0.05) is 29.0 Å². The maximum Gasteiger partial charge on any atom is 0.248 e. The summed E-state index contributed by atoms with van der Waals surface area (Å²) in [6, 6.07) is 3.83. The number of benzene rings is 1. The number of rotatable bonds is 6. The lowest BCUT2D eigenvalue weighted by Crippen LogP contribution is -2.40. The summed E-state index contributed by atoms with van der Waals surface area (Å²) in [5, 5.41) is 17.9. The van der Waals surface area contributed by atoms with E-state index in [9.17, 15) is 4.79 Å². The van der Waals surface area contributed by atoms with E-state index in [4.69, 9.17) is 25.0 Å². The molecule has 1 saturated heterocycles. The van der Waals surface area contributed by atoms with E-state index >= 15 is 0 Å². The van der Waals surface area contributed by atoms with Crippen LogP contribution in [0, 0.1) is 11.3 Å². The SMILES string of the molecule is N=c1ncn(CCC2CCN(C(=O)CO)CC2)c2nc(Sc3cc4c(cc3Br)OCCO4)[nH]c12. The summed E-state index contributed by atoms with van der Waals surface area (Å²) in [5.41, 5.74) is 1.45. The van der Waals surface area contributed by atoms with E-state index in [1.165, 1.54) is 11.8 Å². The standard InChI is InChI=1S/C22H25BrN6O4S/c23-14-9-15-16(33-8-7-32-15)10-17(14)34-22-26-19-20(24)25-12-29(21(19)27-22)6-3-13-1-4-28(5-2-13)18(31)11-30/h9-10,12-13,24,30H,1-8,11H2,(H,26,27). The summed E-state index contributed by atoms with van der Waals surface area (Å²) < 4.78 is 14.2. The van der Waals surface area contributed by atoms with Crippen LogP contribution in [0.5, 0.6) is 11.5 Å². The van der Waals surface area contributed by atoms with Crippen LogP contribution < -0.4 is 15.0 Å². The number of aromatic nitrogens is 4. The molecule has 180 valence electrons. The van der Waals surface area contributed by atoms with Crippen LogP contribution in [0.4, 0.5) is 0 Å². The molecule has 4 heterocycles. The Morgan fingerprint density at radius 2 is 2.00 bits per heavy atom. The van der Waals surface area contributed by atoms with Crippen LogP contribution in [0.25, 0.3) is 11.2 Å². The Kier molecular flexibility index (Phi) is 6.79. The van der Waals surface area contributed by atoms with Crippen LogP contribution in [0.2, 0.25) is 0 Å². The summed E-state index contributed by atoms with van der Waals surface area (Å²) >= 11 is 5.05. The number of aliphatic hydroxyl groups is 1. The number of hydrogen-bond acceptors (Lipinski definition) is 8. The number of amides is 1. The molecule has 12 heteroatoms. The van der Waals surface area contributed by atoms with Gasteiger partial charge in [0.25, 0.3) is 0 Å². The zero-order valence-electron chi connectivity index (χ0n) is 18.4. The lowest BCUT2D eigenvalue weighted by molar-refractivity contribution is -0.135. The molecule has 1 aromatic carbocycles. The smallest absolute Gasteiger partial charge is 0.248 e. The number of likely N-dealkylation sites (tertiary alicyclic amines) is 1. The number of aliphatic hydroxyl groups excluding tert-OH is 1. The van der Waals surface area contributed by atoms with Gasteiger partial charge in [0.1, 0.15) is 25.3 Å². The van der Waals surface area contributed by atoms with Crippen molar-refractivity contribution < 1.29 is 19.4 Å². The third-order valence-corrected chi connectivity index (χ3v) is 8.05. The highest BCUT2D eigenvalue weighted by Crippen LogP contribution is 2.41. The number of aryl methyl sites for hydroxylation is 1. The lowest BCUT2D eigenvalue weighted by atomic mass is 9.93. The number of piperidine rings is 1. The zero-order chi connectivity index (χ0) is 23.7. The molecule has 0 aliphatic carbocycles. The maximum atomic E-state index is 11.7. The molecule has 5 rings (SSSR count). The number of fused-ring (bicyclic) bond motifs is 2. The molecule has 0 atom stereocenters. The minimum atomic E-state index is -0.425. The molecule has 2 aliphatic rings. The maximum absolute atomic E-state index is 11.7. The minimum absolute atomic E-state index is 0.155. The second-order valence-electron chi connectivity index (χ2n) is 8.33. The van der Waals surface area contributed by atoms with Crippen molar-refractivity contribution in [3.05, 3.63) is 28.4 Å². The van der Waals surface area contributed by atoms with E-state index in [-0.39, 0.29) is 11.4 Å². The quantitative estimate of drug-likeness (QED) is 0.431. The third-order valence-electron chi connectivity index (χ3n) is 6.18. The Labute approximate surface area is 208 Å². The first kappa shape index (κ1) is 23.2. The summed E-state index contributed by atoms with van der Waals surface area (Å²) in [6.45, 7) is 2.73. The molecule has 34 heavy (non-hydrogen) atoms. The van der Waals surface area contributed by atoms with Gasteiger partial charge in [-0.2, -0.15) is 0 Å². The third kappa shape index (κ3) is 4.80. The van der Waals surface area contributed by atoms with Gasteiger partial charge in [0.15, 0.2) is 27.8 Å². The largest absolute Gasteiger partial charge is 0.486 e. The zero-order valence-corrected chi connectivity index (χ0v) is 20.8. The Hall–Kier alpha value is -2.57. The molecule has 3 aromatic rings. The van der Waals surface area contributed by atoms with Gasteiger partial charge in [0.2, 0.25) is 5.91 Å². The molecule has 3 N–H and O–H groups in total. The molecule has 2 aliphatic heterocycles. The van der Waals surface area contributed by atoms with Crippen molar-refractivity contribution >= 4 is 44.8 Å². The highest BCUT2D eigenvalue weighted by Gasteiger charge is 2.23. The van der Waals surface area contributed by atoms with Gasteiger partial charge in [-0.15, -0.1) is 0 Å². The summed E-state index contributed by atoms with van der Waals surface area (Å²) in [7, 11) is 0. The number of ether oxygens (including phenoxy) is 2. The Morgan fingerprint density at radius 3 is 2.74 bits per heavy atom. The van der Waals surface area contributed by atoms with Crippen molar-refractivity contribution in [2.75, 3.05) is 32.9 Å². The second kappa shape index (κ2) is 9.96. The minimum Gasteiger partial charge on any atom is -0.486 e. The number of hydrogen-bond donors (Lipinski definition) is 3. The molecule has 0 unspecified atom stereocenters. The Morgan fingerprint density at radius 1 is 1.26 bits per heavy atom. The Balaban J connectivity index is 1.31. The van der Waals surface area contributed by atoms with Gasteiger partial charge in [-0.05, 0) is 53.2 Å². The predicted molar refractivity (Wildman–Crippen MR) is 128 cm³/mol. The van der Waals surface area contributed by atoms with Crippen molar-refractivity contribution in [3.8, 4) is 11.5 Å². The number of nitrogens with zero attached hydrogens (tertiary/aromatic N) is 4. The molecule has 2 aromatic heterocycles. The fraction of sp³-hybridized carbons (Fsp3) is 0.455. The van der Waals surface area contributed by atoms with Gasteiger partial charge in [-0.1, -0.05) is 11.8 Å². The topological polar surface area (TPSA) is 129 Å². The molecule has 10 nitrogen and oxygen atoms in total. The Bertz CT molecular complexity index is 1270. The molecule has 0 saturated carbocycles. The van der Waals surface area contributed by atoms with Crippen LogP contribution in [0.15, 0.2) is 33.0 Å². The van der Waals surface area contributed by atoms with Gasteiger partial charge in [-0.25, -0.2) is 9.97 Å². The number of H-pyrrole nitrogens is 1. The van der Waals surface area contributed by atoms with Gasteiger partial charge >= 0.3 is 0 Å². The first-order chi connectivity index (χ1) is 16.5. The molecule has 0 spiro atoms. The summed E-state index contributed by atoms with van der Waals surface area (Å²) in [6.07, 6.45) is 4.44. The number of aromatic amines is 1. The van der Waals surface area contributed by atoms with Crippen molar-refractivity contribution in [1.29, 1.82) is 5.41 Å². The van der Waals surface area contributed by atoms with E-state index in [1.54, 1.807) is 11.2 Å². The highest BCUT2D eigenvalue weighted by molar-refractivity contribution is 9.10. The molecular formula is C22H25BrN6O4S. The first-order valence-electron chi connectivity index (χ1n) is 11.2.